The van der Waals surface area contributed by atoms with Crippen molar-refractivity contribution in [3.05, 3.63) is 35.4 Å². The van der Waals surface area contributed by atoms with E-state index in [4.69, 9.17) is 5.73 Å². The predicted molar refractivity (Wildman–Crippen MR) is 55.6 cm³/mol. The highest BCUT2D eigenvalue weighted by atomic mass is 35.5. The van der Waals surface area contributed by atoms with Crippen LogP contribution < -0.4 is 5.73 Å². The normalized spacial score (nSPS) is 11.9. The van der Waals surface area contributed by atoms with Crippen molar-refractivity contribution in [3.63, 3.8) is 0 Å². The monoisotopic (exact) mass is 185 g/mol. The minimum absolute atomic E-state index is 0. The van der Waals surface area contributed by atoms with E-state index in [1.807, 2.05) is 0 Å². The summed E-state index contributed by atoms with van der Waals surface area (Å²) >= 11 is 0. The lowest BCUT2D eigenvalue weighted by atomic mass is 10.0. The fourth-order valence-electron chi connectivity index (χ4n) is 1.05. The Labute approximate surface area is 80.4 Å². The van der Waals surface area contributed by atoms with E-state index < -0.39 is 0 Å². The summed E-state index contributed by atoms with van der Waals surface area (Å²) in [6.45, 7) is 4.19. The average molecular weight is 186 g/mol. The Morgan fingerprint density at radius 2 is 1.75 bits per heavy atom. The molecule has 2 heteroatoms. The van der Waals surface area contributed by atoms with Crippen LogP contribution in [0.3, 0.4) is 0 Å². The zero-order valence-electron chi connectivity index (χ0n) is 7.58. The van der Waals surface area contributed by atoms with E-state index in [1.54, 1.807) is 0 Å². The molecule has 1 nitrogen and oxygen atoms in total. The zero-order chi connectivity index (χ0) is 8.27. The van der Waals surface area contributed by atoms with E-state index >= 15 is 0 Å². The van der Waals surface area contributed by atoms with Gasteiger partial charge in [-0.25, -0.2) is 0 Å². The number of rotatable bonds is 2. The van der Waals surface area contributed by atoms with Crippen LogP contribution in [0.15, 0.2) is 24.3 Å². The van der Waals surface area contributed by atoms with Crippen LogP contribution >= 0.6 is 12.4 Å². The van der Waals surface area contributed by atoms with Crippen LogP contribution in [0, 0.1) is 6.92 Å². The first-order valence-corrected chi connectivity index (χ1v) is 4.06. The average Bonchev–Trinajstić information content (AvgIpc) is 2.05. The highest BCUT2D eigenvalue weighted by molar-refractivity contribution is 5.85. The van der Waals surface area contributed by atoms with E-state index in [0.29, 0.717) is 0 Å². The second-order valence-corrected chi connectivity index (χ2v) is 2.93. The molecule has 0 saturated heterocycles. The standard InChI is InChI=1S/C10H15N.ClH/c1-3-10(11)9-6-4-8(2)5-7-9;/h4-7,10H,3,11H2,1-2H3;1H/t10-;/m1./s1. The molecule has 1 atom stereocenters. The highest BCUT2D eigenvalue weighted by Crippen LogP contribution is 2.13. The van der Waals surface area contributed by atoms with Gasteiger partial charge in [0.15, 0.2) is 0 Å². The summed E-state index contributed by atoms with van der Waals surface area (Å²) in [6.07, 6.45) is 1.00. The molecule has 1 aromatic carbocycles. The molecule has 2 N–H and O–H groups in total. The van der Waals surface area contributed by atoms with E-state index in [0.717, 1.165) is 6.42 Å². The summed E-state index contributed by atoms with van der Waals surface area (Å²) < 4.78 is 0. The Morgan fingerprint density at radius 3 is 2.17 bits per heavy atom. The van der Waals surface area contributed by atoms with Crippen molar-refractivity contribution >= 4 is 12.4 Å². The lowest BCUT2D eigenvalue weighted by Crippen LogP contribution is -2.07. The number of nitrogens with two attached hydrogens (primary N) is 1. The molecule has 0 unspecified atom stereocenters. The molecular weight excluding hydrogens is 170 g/mol. The molecule has 0 bridgehead atoms. The van der Waals surface area contributed by atoms with E-state index in [1.165, 1.54) is 11.1 Å². The first kappa shape index (κ1) is 11.5. The van der Waals surface area contributed by atoms with Crippen molar-refractivity contribution in [2.24, 2.45) is 5.73 Å². The summed E-state index contributed by atoms with van der Waals surface area (Å²) in [6, 6.07) is 8.61. The quantitative estimate of drug-likeness (QED) is 0.754. The van der Waals surface area contributed by atoms with Crippen molar-refractivity contribution < 1.29 is 0 Å². The first-order chi connectivity index (χ1) is 5.24. The van der Waals surface area contributed by atoms with Gasteiger partial charge in [0.1, 0.15) is 0 Å². The smallest absolute Gasteiger partial charge is 0.0292 e. The second-order valence-electron chi connectivity index (χ2n) is 2.93. The summed E-state index contributed by atoms with van der Waals surface area (Å²) in [5.74, 6) is 0. The van der Waals surface area contributed by atoms with Crippen molar-refractivity contribution in [1.82, 2.24) is 0 Å². The van der Waals surface area contributed by atoms with Gasteiger partial charge in [-0.05, 0) is 18.9 Å². The van der Waals surface area contributed by atoms with Gasteiger partial charge in [0.05, 0.1) is 0 Å². The molecule has 0 amide bonds. The Kier molecular flexibility index (Phi) is 4.95. The van der Waals surface area contributed by atoms with Gasteiger partial charge in [0.25, 0.3) is 0 Å². The van der Waals surface area contributed by atoms with Gasteiger partial charge in [-0.3, -0.25) is 0 Å². The van der Waals surface area contributed by atoms with E-state index in [-0.39, 0.29) is 18.4 Å². The van der Waals surface area contributed by atoms with Crippen LogP contribution in [0.25, 0.3) is 0 Å². The Hall–Kier alpha value is -0.530. The van der Waals surface area contributed by atoms with Crippen LogP contribution in [-0.2, 0) is 0 Å². The molecule has 12 heavy (non-hydrogen) atoms. The topological polar surface area (TPSA) is 26.0 Å². The summed E-state index contributed by atoms with van der Waals surface area (Å²) in [7, 11) is 0. The highest BCUT2D eigenvalue weighted by Gasteiger charge is 2.00. The molecule has 0 aliphatic rings. The third-order valence-electron chi connectivity index (χ3n) is 1.95. The molecule has 0 spiro atoms. The molecule has 0 saturated carbocycles. The number of aryl methyl sites for hydroxylation is 1. The molecule has 1 rings (SSSR count). The van der Waals surface area contributed by atoms with Crippen molar-refractivity contribution in [2.45, 2.75) is 26.3 Å². The summed E-state index contributed by atoms with van der Waals surface area (Å²) in [4.78, 5) is 0. The van der Waals surface area contributed by atoms with Crippen molar-refractivity contribution in [1.29, 1.82) is 0 Å². The van der Waals surface area contributed by atoms with Gasteiger partial charge in [-0.1, -0.05) is 36.8 Å². The van der Waals surface area contributed by atoms with Gasteiger partial charge in [-0.2, -0.15) is 0 Å². The molecule has 0 aliphatic carbocycles. The molecule has 0 aliphatic heterocycles. The first-order valence-electron chi connectivity index (χ1n) is 4.06. The second kappa shape index (κ2) is 5.18. The maximum absolute atomic E-state index is 5.84. The van der Waals surface area contributed by atoms with Crippen molar-refractivity contribution in [3.8, 4) is 0 Å². The van der Waals surface area contributed by atoms with Gasteiger partial charge in [-0.15, -0.1) is 12.4 Å². The van der Waals surface area contributed by atoms with Crippen molar-refractivity contribution in [2.75, 3.05) is 0 Å². The minimum atomic E-state index is 0. The fourth-order valence-corrected chi connectivity index (χ4v) is 1.05. The van der Waals surface area contributed by atoms with Crippen LogP contribution in [0.4, 0.5) is 0 Å². The molecule has 0 heterocycles. The summed E-state index contributed by atoms with van der Waals surface area (Å²) in [5, 5.41) is 0. The maximum Gasteiger partial charge on any atom is 0.0292 e. The minimum Gasteiger partial charge on any atom is -0.324 e. The molecule has 0 aromatic heterocycles. The predicted octanol–water partition coefficient (Wildman–Crippen LogP) is 2.83. The maximum atomic E-state index is 5.84. The largest absolute Gasteiger partial charge is 0.324 e. The lowest BCUT2D eigenvalue weighted by molar-refractivity contribution is 0.698. The van der Waals surface area contributed by atoms with Crippen LogP contribution in [-0.4, -0.2) is 0 Å². The fraction of sp³-hybridized carbons (Fsp3) is 0.400. The van der Waals surface area contributed by atoms with Gasteiger partial charge >= 0.3 is 0 Å². The number of hydrogen-bond acceptors (Lipinski definition) is 1. The van der Waals surface area contributed by atoms with Crippen LogP contribution in [0.1, 0.15) is 30.5 Å². The van der Waals surface area contributed by atoms with Gasteiger partial charge in [0, 0.05) is 6.04 Å². The van der Waals surface area contributed by atoms with Crippen LogP contribution in [0.2, 0.25) is 0 Å². The van der Waals surface area contributed by atoms with Gasteiger partial charge in [0.2, 0.25) is 0 Å². The number of halogens is 1. The van der Waals surface area contributed by atoms with E-state index in [2.05, 4.69) is 38.1 Å². The third-order valence-corrected chi connectivity index (χ3v) is 1.95. The number of hydrogen-bond donors (Lipinski definition) is 1. The summed E-state index contributed by atoms with van der Waals surface area (Å²) in [5.41, 5.74) is 8.37. The number of benzene rings is 1. The lowest BCUT2D eigenvalue weighted by Gasteiger charge is -2.08. The molecular formula is C10H16ClN. The van der Waals surface area contributed by atoms with Gasteiger partial charge < -0.3 is 5.73 Å². The molecule has 1 aromatic rings. The molecule has 0 radical (unpaired) electrons. The Balaban J connectivity index is 0.00000121. The zero-order valence-corrected chi connectivity index (χ0v) is 8.40. The van der Waals surface area contributed by atoms with Crippen LogP contribution in [0.5, 0.6) is 0 Å². The molecule has 68 valence electrons. The third kappa shape index (κ3) is 2.84. The van der Waals surface area contributed by atoms with E-state index in [9.17, 15) is 0 Å². The Bertz CT molecular complexity index is 218. The molecule has 0 fully saturated rings. The Morgan fingerprint density at radius 1 is 1.25 bits per heavy atom. The SMILES string of the molecule is CC[C@@H](N)c1ccc(C)cc1.Cl.